The molecule has 0 unspecified atom stereocenters. The van der Waals surface area contributed by atoms with Gasteiger partial charge < -0.3 is 14.7 Å². The number of carboxylic acid groups (broad SMARTS) is 1. The van der Waals surface area contributed by atoms with Gasteiger partial charge in [-0.25, -0.2) is 9.78 Å². The van der Waals surface area contributed by atoms with Crippen molar-refractivity contribution in [1.29, 1.82) is 0 Å². The molecule has 0 aliphatic heterocycles. The summed E-state index contributed by atoms with van der Waals surface area (Å²) in [4.78, 5) is 18.0. The Kier molecular flexibility index (Phi) is 5.55. The van der Waals surface area contributed by atoms with Crippen molar-refractivity contribution in [3.63, 3.8) is 0 Å². The number of ether oxygens (including phenoxy) is 1. The van der Waals surface area contributed by atoms with Gasteiger partial charge in [0.15, 0.2) is 5.13 Å². The van der Waals surface area contributed by atoms with E-state index in [2.05, 4.69) is 4.98 Å². The number of thiazole rings is 1. The Hall–Kier alpha value is -1.14. The normalized spacial score (nSPS) is 10.9. The van der Waals surface area contributed by atoms with E-state index in [1.165, 1.54) is 11.3 Å². The Morgan fingerprint density at radius 3 is 2.61 bits per heavy atom. The maximum Gasteiger partial charge on any atom is 0.347 e. The van der Waals surface area contributed by atoms with Crippen LogP contribution in [0.15, 0.2) is 0 Å². The number of nitrogens with zero attached hydrogens (tertiary/aromatic N) is 2. The summed E-state index contributed by atoms with van der Waals surface area (Å²) >= 11 is 1.24. The van der Waals surface area contributed by atoms with Gasteiger partial charge >= 0.3 is 5.97 Å². The maximum atomic E-state index is 11.2. The Labute approximate surface area is 111 Å². The minimum Gasteiger partial charge on any atom is -0.477 e. The van der Waals surface area contributed by atoms with E-state index in [1.807, 2.05) is 25.7 Å². The molecule has 1 aromatic heterocycles. The van der Waals surface area contributed by atoms with Crippen molar-refractivity contribution in [3.8, 4) is 0 Å². The molecule has 0 bridgehead atoms. The molecular formula is C12H20N2O3S. The predicted molar refractivity (Wildman–Crippen MR) is 72.9 cm³/mol. The Morgan fingerprint density at radius 1 is 1.56 bits per heavy atom. The monoisotopic (exact) mass is 272 g/mol. The molecule has 0 spiro atoms. The number of hydrogen-bond acceptors (Lipinski definition) is 5. The summed E-state index contributed by atoms with van der Waals surface area (Å²) in [5.74, 6) is -0.785. The number of aromatic carboxylic acids is 1. The molecule has 102 valence electrons. The molecule has 1 N–H and O–H groups in total. The molecule has 0 fully saturated rings. The molecule has 6 heteroatoms. The highest BCUT2D eigenvalue weighted by Gasteiger charge is 2.21. The van der Waals surface area contributed by atoms with E-state index in [1.54, 1.807) is 7.11 Å². The molecule has 0 saturated carbocycles. The summed E-state index contributed by atoms with van der Waals surface area (Å²) in [6, 6.07) is 0. The molecule has 0 atom stereocenters. The first-order valence-corrected chi connectivity index (χ1v) is 6.80. The standard InChI is InChI=1S/C12H20N2O3S/c1-5-14(6-7-17-4)12-13-9(8(2)3)10(18-12)11(15)16/h8H,5-7H2,1-4H3,(H,15,16). The number of rotatable bonds is 7. The smallest absolute Gasteiger partial charge is 0.347 e. The zero-order valence-corrected chi connectivity index (χ0v) is 12.1. The van der Waals surface area contributed by atoms with Crippen LogP contribution < -0.4 is 4.90 Å². The summed E-state index contributed by atoms with van der Waals surface area (Å²) in [5, 5.41) is 9.95. The van der Waals surface area contributed by atoms with Crippen molar-refractivity contribution in [3.05, 3.63) is 10.6 Å². The molecular weight excluding hydrogens is 252 g/mol. The van der Waals surface area contributed by atoms with Crippen molar-refractivity contribution in [1.82, 2.24) is 4.98 Å². The van der Waals surface area contributed by atoms with Gasteiger partial charge in [-0.3, -0.25) is 0 Å². The largest absolute Gasteiger partial charge is 0.477 e. The molecule has 1 heterocycles. The Bertz CT molecular complexity index is 404. The predicted octanol–water partition coefficient (Wildman–Crippen LogP) is 2.44. The van der Waals surface area contributed by atoms with E-state index in [0.29, 0.717) is 17.2 Å². The average Bonchev–Trinajstić information content (AvgIpc) is 2.75. The van der Waals surface area contributed by atoms with Crippen LogP contribution in [0.3, 0.4) is 0 Å². The second-order valence-electron chi connectivity index (χ2n) is 4.24. The minimum absolute atomic E-state index is 0.113. The molecule has 1 rings (SSSR count). The van der Waals surface area contributed by atoms with Gasteiger partial charge in [-0.2, -0.15) is 0 Å². The van der Waals surface area contributed by atoms with Gasteiger partial charge in [-0.05, 0) is 12.8 Å². The maximum absolute atomic E-state index is 11.2. The lowest BCUT2D eigenvalue weighted by molar-refractivity contribution is 0.0700. The molecule has 18 heavy (non-hydrogen) atoms. The SMILES string of the molecule is CCN(CCOC)c1nc(C(C)C)c(C(=O)O)s1. The van der Waals surface area contributed by atoms with Gasteiger partial charge in [0.05, 0.1) is 12.3 Å². The molecule has 1 aromatic rings. The zero-order valence-electron chi connectivity index (χ0n) is 11.3. The van der Waals surface area contributed by atoms with Crippen LogP contribution in [-0.2, 0) is 4.74 Å². The van der Waals surface area contributed by atoms with Crippen molar-refractivity contribution in [2.45, 2.75) is 26.7 Å². The third-order valence-corrected chi connectivity index (χ3v) is 3.72. The molecule has 0 aliphatic carbocycles. The van der Waals surface area contributed by atoms with Crippen LogP contribution in [0.2, 0.25) is 0 Å². The number of likely N-dealkylation sites (N-methyl/N-ethyl adjacent to an activating group) is 1. The van der Waals surface area contributed by atoms with Gasteiger partial charge in [0.1, 0.15) is 4.88 Å². The summed E-state index contributed by atoms with van der Waals surface area (Å²) in [5.41, 5.74) is 0.665. The van der Waals surface area contributed by atoms with E-state index in [9.17, 15) is 9.90 Å². The van der Waals surface area contributed by atoms with Crippen molar-refractivity contribution >= 4 is 22.4 Å². The fourth-order valence-electron chi connectivity index (χ4n) is 1.59. The second-order valence-corrected chi connectivity index (χ2v) is 5.22. The van der Waals surface area contributed by atoms with Crippen LogP contribution in [0.4, 0.5) is 5.13 Å². The fraction of sp³-hybridized carbons (Fsp3) is 0.667. The highest BCUT2D eigenvalue weighted by molar-refractivity contribution is 7.17. The molecule has 5 nitrogen and oxygen atoms in total. The summed E-state index contributed by atoms with van der Waals surface area (Å²) in [6.07, 6.45) is 0. The molecule has 0 saturated heterocycles. The lowest BCUT2D eigenvalue weighted by atomic mass is 10.1. The van der Waals surface area contributed by atoms with Gasteiger partial charge in [0.2, 0.25) is 0 Å². The first-order chi connectivity index (χ1) is 8.51. The highest BCUT2D eigenvalue weighted by Crippen LogP contribution is 2.30. The molecule has 0 amide bonds. The van der Waals surface area contributed by atoms with Gasteiger partial charge in [0, 0.05) is 20.2 Å². The lowest BCUT2D eigenvalue weighted by Gasteiger charge is -2.18. The first-order valence-electron chi connectivity index (χ1n) is 5.99. The number of methoxy groups -OCH3 is 1. The third-order valence-electron chi connectivity index (χ3n) is 2.60. The number of carbonyl (C=O) groups is 1. The molecule has 0 aromatic carbocycles. The van der Waals surface area contributed by atoms with E-state index >= 15 is 0 Å². The zero-order chi connectivity index (χ0) is 13.7. The van der Waals surface area contributed by atoms with Crippen LogP contribution in [0, 0.1) is 0 Å². The van der Waals surface area contributed by atoms with Gasteiger partial charge in [-0.15, -0.1) is 0 Å². The number of anilines is 1. The molecule has 0 aliphatic rings. The highest BCUT2D eigenvalue weighted by atomic mass is 32.1. The van der Waals surface area contributed by atoms with E-state index in [4.69, 9.17) is 4.74 Å². The van der Waals surface area contributed by atoms with Gasteiger partial charge in [0.25, 0.3) is 0 Å². The number of aromatic nitrogens is 1. The topological polar surface area (TPSA) is 62.7 Å². The van der Waals surface area contributed by atoms with E-state index in [0.717, 1.165) is 18.2 Å². The average molecular weight is 272 g/mol. The van der Waals surface area contributed by atoms with Crippen molar-refractivity contribution in [2.24, 2.45) is 0 Å². The molecule has 0 radical (unpaired) electrons. The third kappa shape index (κ3) is 3.43. The summed E-state index contributed by atoms with van der Waals surface area (Å²) < 4.78 is 5.05. The number of hydrogen-bond donors (Lipinski definition) is 1. The summed E-state index contributed by atoms with van der Waals surface area (Å²) in [7, 11) is 1.65. The first kappa shape index (κ1) is 14.9. The fourth-order valence-corrected chi connectivity index (χ4v) is 2.74. The van der Waals surface area contributed by atoms with Crippen molar-refractivity contribution in [2.75, 3.05) is 31.7 Å². The quantitative estimate of drug-likeness (QED) is 0.826. The van der Waals surface area contributed by atoms with E-state index in [-0.39, 0.29) is 5.92 Å². The van der Waals surface area contributed by atoms with Crippen molar-refractivity contribution < 1.29 is 14.6 Å². The Morgan fingerprint density at radius 2 is 2.22 bits per heavy atom. The van der Waals surface area contributed by atoms with E-state index < -0.39 is 5.97 Å². The summed E-state index contributed by atoms with van der Waals surface area (Å²) in [6.45, 7) is 8.04. The second kappa shape index (κ2) is 6.70. The van der Waals surface area contributed by atoms with Crippen LogP contribution >= 0.6 is 11.3 Å². The van der Waals surface area contributed by atoms with Crippen LogP contribution in [0.5, 0.6) is 0 Å². The van der Waals surface area contributed by atoms with Gasteiger partial charge in [-0.1, -0.05) is 25.2 Å². The van der Waals surface area contributed by atoms with Crippen LogP contribution in [0.1, 0.15) is 42.1 Å². The van der Waals surface area contributed by atoms with Crippen LogP contribution in [-0.4, -0.2) is 42.9 Å². The minimum atomic E-state index is -0.898. The lowest BCUT2D eigenvalue weighted by Crippen LogP contribution is -2.26. The Balaban J connectivity index is 3.01. The van der Waals surface area contributed by atoms with Crippen LogP contribution in [0.25, 0.3) is 0 Å². The number of carboxylic acids is 1.